The first kappa shape index (κ1) is 19.1. The van der Waals surface area contributed by atoms with E-state index in [2.05, 4.69) is 47.2 Å². The lowest BCUT2D eigenvalue weighted by atomic mass is 10.1. The molecule has 27 heavy (non-hydrogen) atoms. The van der Waals surface area contributed by atoms with E-state index in [-0.39, 0.29) is 6.03 Å². The van der Waals surface area contributed by atoms with Crippen LogP contribution in [0, 0.1) is 20.8 Å². The number of aryl methyl sites for hydroxylation is 3. The van der Waals surface area contributed by atoms with Crippen molar-refractivity contribution in [3.8, 4) is 0 Å². The molecule has 0 unspecified atom stereocenters. The van der Waals surface area contributed by atoms with Crippen LogP contribution >= 0.6 is 11.6 Å². The fourth-order valence-corrected chi connectivity index (χ4v) is 3.26. The minimum atomic E-state index is -0.278. The van der Waals surface area contributed by atoms with Gasteiger partial charge in [0.1, 0.15) is 0 Å². The van der Waals surface area contributed by atoms with Crippen LogP contribution in [0.15, 0.2) is 54.7 Å². The summed E-state index contributed by atoms with van der Waals surface area (Å²) in [6.45, 7) is 7.40. The molecule has 140 valence electrons. The fourth-order valence-electron chi connectivity index (χ4n) is 2.98. The van der Waals surface area contributed by atoms with Crippen LogP contribution in [0.25, 0.3) is 0 Å². The van der Waals surface area contributed by atoms with E-state index >= 15 is 0 Å². The van der Waals surface area contributed by atoms with Crippen LogP contribution in [-0.2, 0) is 13.1 Å². The third-order valence-corrected chi connectivity index (χ3v) is 4.88. The van der Waals surface area contributed by atoms with Gasteiger partial charge in [0, 0.05) is 18.4 Å². The Morgan fingerprint density at radius 3 is 2.56 bits per heavy atom. The molecule has 0 aliphatic heterocycles. The van der Waals surface area contributed by atoms with Gasteiger partial charge in [0.25, 0.3) is 0 Å². The number of nitrogens with zero attached hydrogens (tertiary/aromatic N) is 1. The zero-order valence-corrected chi connectivity index (χ0v) is 16.6. The van der Waals surface area contributed by atoms with Gasteiger partial charge < -0.3 is 15.2 Å². The van der Waals surface area contributed by atoms with E-state index in [1.54, 1.807) is 6.07 Å². The molecule has 0 atom stereocenters. The van der Waals surface area contributed by atoms with Crippen LogP contribution in [0.2, 0.25) is 5.02 Å². The highest BCUT2D eigenvalue weighted by Gasteiger charge is 2.08. The molecule has 2 aromatic carbocycles. The lowest BCUT2D eigenvalue weighted by Crippen LogP contribution is -2.29. The van der Waals surface area contributed by atoms with E-state index in [0.717, 1.165) is 17.8 Å². The van der Waals surface area contributed by atoms with E-state index in [4.69, 9.17) is 11.6 Å². The summed E-state index contributed by atoms with van der Waals surface area (Å²) < 4.78 is 2.15. The monoisotopic (exact) mass is 381 g/mol. The van der Waals surface area contributed by atoms with Gasteiger partial charge in [-0.1, -0.05) is 41.4 Å². The number of benzene rings is 2. The van der Waals surface area contributed by atoms with Crippen LogP contribution < -0.4 is 10.6 Å². The second-order valence-corrected chi connectivity index (χ2v) is 7.26. The Labute approximate surface area is 165 Å². The number of urea groups is 1. The van der Waals surface area contributed by atoms with Gasteiger partial charge >= 0.3 is 6.03 Å². The number of rotatable bonds is 5. The molecule has 0 fully saturated rings. The number of carbonyl (C=O) groups excluding carboxylic acids is 1. The van der Waals surface area contributed by atoms with Crippen molar-refractivity contribution in [2.24, 2.45) is 0 Å². The largest absolute Gasteiger partial charge is 0.345 e. The molecule has 0 radical (unpaired) electrons. The number of anilines is 1. The lowest BCUT2D eigenvalue weighted by Gasteiger charge is -2.14. The first-order valence-corrected chi connectivity index (χ1v) is 9.31. The summed E-state index contributed by atoms with van der Waals surface area (Å²) in [6.07, 6.45) is 2.04. The predicted octanol–water partition coefficient (Wildman–Crippen LogP) is 5.44. The Hall–Kier alpha value is -2.72. The summed E-state index contributed by atoms with van der Waals surface area (Å²) in [5, 5.41) is 6.22. The zero-order valence-electron chi connectivity index (χ0n) is 15.8. The minimum Gasteiger partial charge on any atom is -0.345 e. The number of hydrogen-bond acceptors (Lipinski definition) is 1. The number of aromatic nitrogens is 1. The lowest BCUT2D eigenvalue weighted by molar-refractivity contribution is 0.251. The molecule has 0 aliphatic carbocycles. The molecule has 3 rings (SSSR count). The third kappa shape index (κ3) is 4.92. The Morgan fingerprint density at radius 1 is 1.04 bits per heavy atom. The van der Waals surface area contributed by atoms with Gasteiger partial charge in [-0.25, -0.2) is 4.79 Å². The van der Waals surface area contributed by atoms with Crippen LogP contribution in [0.4, 0.5) is 10.5 Å². The van der Waals surface area contributed by atoms with Crippen LogP contribution in [0.1, 0.15) is 27.9 Å². The average Bonchev–Trinajstić information content (AvgIpc) is 3.06. The Bertz CT molecular complexity index is 962. The molecule has 0 spiro atoms. The standard InChI is InChI=1S/C22H24ClN3O/c1-15-6-8-17(3)18(11-15)14-26-10-4-5-19(26)13-24-22(27)25-21-9-7-16(2)12-20(21)23/h4-12H,13-14H2,1-3H3,(H2,24,25,27). The first-order chi connectivity index (χ1) is 12.9. The average molecular weight is 382 g/mol. The van der Waals surface area contributed by atoms with Crippen molar-refractivity contribution in [3.05, 3.63) is 87.7 Å². The highest BCUT2D eigenvalue weighted by molar-refractivity contribution is 6.33. The maximum atomic E-state index is 12.2. The second kappa shape index (κ2) is 8.31. The van der Waals surface area contributed by atoms with Crippen molar-refractivity contribution in [1.29, 1.82) is 0 Å². The SMILES string of the molecule is Cc1ccc(NC(=O)NCc2cccn2Cc2cc(C)ccc2C)c(Cl)c1. The van der Waals surface area contributed by atoms with E-state index < -0.39 is 0 Å². The molecule has 4 nitrogen and oxygen atoms in total. The quantitative estimate of drug-likeness (QED) is 0.607. The molecular formula is C22H24ClN3O. The molecule has 0 bridgehead atoms. The number of amides is 2. The smallest absolute Gasteiger partial charge is 0.319 e. The van der Waals surface area contributed by atoms with Crippen molar-refractivity contribution >= 4 is 23.3 Å². The Morgan fingerprint density at radius 2 is 1.78 bits per heavy atom. The van der Waals surface area contributed by atoms with Gasteiger partial charge in [-0.3, -0.25) is 0 Å². The molecule has 2 amide bonds. The molecule has 0 saturated heterocycles. The summed E-state index contributed by atoms with van der Waals surface area (Å²) in [6, 6.07) is 15.8. The van der Waals surface area contributed by atoms with Crippen LogP contribution in [-0.4, -0.2) is 10.6 Å². The summed E-state index contributed by atoms with van der Waals surface area (Å²) in [4.78, 5) is 12.2. The van der Waals surface area contributed by atoms with Gasteiger partial charge in [0.15, 0.2) is 0 Å². The van der Waals surface area contributed by atoms with E-state index in [0.29, 0.717) is 17.3 Å². The second-order valence-electron chi connectivity index (χ2n) is 6.85. The van der Waals surface area contributed by atoms with E-state index in [9.17, 15) is 4.79 Å². The molecular weight excluding hydrogens is 358 g/mol. The van der Waals surface area contributed by atoms with Gasteiger partial charge in [0.2, 0.25) is 0 Å². The Kier molecular flexibility index (Phi) is 5.87. The summed E-state index contributed by atoms with van der Waals surface area (Å²) in [5.41, 5.74) is 6.49. The highest BCUT2D eigenvalue weighted by atomic mass is 35.5. The topological polar surface area (TPSA) is 46.1 Å². The highest BCUT2D eigenvalue weighted by Crippen LogP contribution is 2.22. The van der Waals surface area contributed by atoms with Crippen molar-refractivity contribution < 1.29 is 4.79 Å². The van der Waals surface area contributed by atoms with E-state index in [1.807, 2.05) is 37.4 Å². The number of nitrogens with one attached hydrogen (secondary N) is 2. The summed E-state index contributed by atoms with van der Waals surface area (Å²) >= 11 is 6.17. The molecule has 2 N–H and O–H groups in total. The van der Waals surface area contributed by atoms with Gasteiger partial charge in [-0.15, -0.1) is 0 Å². The normalized spacial score (nSPS) is 10.7. The minimum absolute atomic E-state index is 0.278. The van der Waals surface area contributed by atoms with Crippen molar-refractivity contribution in [3.63, 3.8) is 0 Å². The summed E-state index contributed by atoms with van der Waals surface area (Å²) in [5.74, 6) is 0. The predicted molar refractivity (Wildman–Crippen MR) is 111 cm³/mol. The van der Waals surface area contributed by atoms with E-state index in [1.165, 1.54) is 16.7 Å². The van der Waals surface area contributed by atoms with Crippen molar-refractivity contribution in [2.45, 2.75) is 33.9 Å². The van der Waals surface area contributed by atoms with Gasteiger partial charge in [0.05, 0.1) is 17.3 Å². The number of halogens is 1. The van der Waals surface area contributed by atoms with Gasteiger partial charge in [-0.2, -0.15) is 0 Å². The van der Waals surface area contributed by atoms with Crippen LogP contribution in [0.5, 0.6) is 0 Å². The number of carbonyl (C=O) groups is 1. The molecule has 0 aliphatic rings. The molecule has 5 heteroatoms. The maximum absolute atomic E-state index is 12.2. The number of hydrogen-bond donors (Lipinski definition) is 2. The first-order valence-electron chi connectivity index (χ1n) is 8.93. The van der Waals surface area contributed by atoms with Crippen molar-refractivity contribution in [1.82, 2.24) is 9.88 Å². The fraction of sp³-hybridized carbons (Fsp3) is 0.227. The third-order valence-electron chi connectivity index (χ3n) is 4.57. The Balaban J connectivity index is 1.63. The summed E-state index contributed by atoms with van der Waals surface area (Å²) in [7, 11) is 0. The zero-order chi connectivity index (χ0) is 19.4. The van der Waals surface area contributed by atoms with Crippen molar-refractivity contribution in [2.75, 3.05) is 5.32 Å². The molecule has 1 heterocycles. The molecule has 1 aromatic heterocycles. The van der Waals surface area contributed by atoms with Gasteiger partial charge in [-0.05, 0) is 61.7 Å². The maximum Gasteiger partial charge on any atom is 0.319 e. The molecule has 3 aromatic rings. The molecule has 0 saturated carbocycles. The van der Waals surface area contributed by atoms with Crippen LogP contribution in [0.3, 0.4) is 0 Å².